The lowest BCUT2D eigenvalue weighted by atomic mass is 10.00. The number of carbonyl (C=O) groups excluding carboxylic acids is 1. The van der Waals surface area contributed by atoms with E-state index in [0.29, 0.717) is 0 Å². The molecule has 0 saturated carbocycles. The van der Waals surface area contributed by atoms with Gasteiger partial charge in [-0.25, -0.2) is 0 Å². The maximum absolute atomic E-state index is 11.4. The van der Waals surface area contributed by atoms with Gasteiger partial charge in [-0.15, -0.1) is 0 Å². The third kappa shape index (κ3) is 2.48. The van der Waals surface area contributed by atoms with Crippen LogP contribution in [0.4, 0.5) is 0 Å². The van der Waals surface area contributed by atoms with Crippen LogP contribution in [-0.2, 0) is 0 Å². The van der Waals surface area contributed by atoms with Gasteiger partial charge in [0.25, 0.3) is 0 Å². The van der Waals surface area contributed by atoms with Crippen molar-refractivity contribution in [2.45, 2.75) is 27.7 Å². The predicted molar refractivity (Wildman–Crippen MR) is 73.9 cm³/mol. The van der Waals surface area contributed by atoms with Crippen molar-refractivity contribution in [2.75, 3.05) is 0 Å². The number of nitrogens with zero attached hydrogens (tertiary/aromatic N) is 1. The molecule has 0 N–H and O–H groups in total. The molecule has 2 aromatic rings. The summed E-state index contributed by atoms with van der Waals surface area (Å²) in [4.78, 5) is 15.9. The van der Waals surface area contributed by atoms with Crippen LogP contribution in [0.3, 0.4) is 0 Å². The smallest absolute Gasteiger partial charge is 0.160 e. The summed E-state index contributed by atoms with van der Waals surface area (Å²) in [6, 6.07) is 9.99. The Morgan fingerprint density at radius 3 is 2.33 bits per heavy atom. The third-order valence-corrected chi connectivity index (χ3v) is 3.00. The quantitative estimate of drug-likeness (QED) is 0.744. The minimum absolute atomic E-state index is 0.104. The van der Waals surface area contributed by atoms with Gasteiger partial charge in [0.2, 0.25) is 0 Å². The van der Waals surface area contributed by atoms with E-state index in [1.807, 2.05) is 32.0 Å². The maximum atomic E-state index is 11.4. The van der Waals surface area contributed by atoms with Crippen LogP contribution in [0.5, 0.6) is 0 Å². The molecule has 1 aromatic heterocycles. The fourth-order valence-electron chi connectivity index (χ4n) is 2.21. The molecule has 2 nitrogen and oxygen atoms in total. The third-order valence-electron chi connectivity index (χ3n) is 3.00. The number of hydrogen-bond donors (Lipinski definition) is 0. The topological polar surface area (TPSA) is 30.0 Å². The van der Waals surface area contributed by atoms with E-state index in [0.717, 1.165) is 28.1 Å². The molecule has 0 saturated heterocycles. The van der Waals surface area contributed by atoms with Gasteiger partial charge in [-0.3, -0.25) is 9.78 Å². The molecule has 0 aliphatic rings. The first-order valence-corrected chi connectivity index (χ1v) is 6.04. The summed E-state index contributed by atoms with van der Waals surface area (Å²) >= 11 is 0. The van der Waals surface area contributed by atoms with Gasteiger partial charge >= 0.3 is 0 Å². The van der Waals surface area contributed by atoms with Crippen LogP contribution >= 0.6 is 0 Å². The highest BCUT2D eigenvalue weighted by Gasteiger charge is 2.07. The number of benzene rings is 1. The van der Waals surface area contributed by atoms with Crippen molar-refractivity contribution in [3.63, 3.8) is 0 Å². The number of aryl methyl sites for hydroxylation is 3. The Hall–Kier alpha value is -1.96. The first-order valence-electron chi connectivity index (χ1n) is 6.04. The minimum Gasteiger partial charge on any atom is -0.295 e. The highest BCUT2D eigenvalue weighted by molar-refractivity contribution is 5.96. The molecule has 2 rings (SSSR count). The molecule has 0 aliphatic carbocycles. The van der Waals surface area contributed by atoms with Crippen LogP contribution in [0.1, 0.15) is 34.1 Å². The molecule has 1 aromatic carbocycles. The highest BCUT2D eigenvalue weighted by Crippen LogP contribution is 2.22. The van der Waals surface area contributed by atoms with Gasteiger partial charge in [-0.1, -0.05) is 12.1 Å². The summed E-state index contributed by atoms with van der Waals surface area (Å²) < 4.78 is 0. The van der Waals surface area contributed by atoms with Gasteiger partial charge < -0.3 is 0 Å². The summed E-state index contributed by atoms with van der Waals surface area (Å²) in [5.74, 6) is 0.104. The fraction of sp³-hybridized carbons (Fsp3) is 0.250. The molecule has 0 spiro atoms. The van der Waals surface area contributed by atoms with E-state index in [9.17, 15) is 4.79 Å². The summed E-state index contributed by atoms with van der Waals surface area (Å²) in [6.07, 6.45) is 0. The molecule has 0 amide bonds. The second kappa shape index (κ2) is 4.73. The summed E-state index contributed by atoms with van der Waals surface area (Å²) in [5.41, 5.74) is 6.02. The first kappa shape index (κ1) is 12.5. The number of hydrogen-bond acceptors (Lipinski definition) is 2. The van der Waals surface area contributed by atoms with Crippen LogP contribution < -0.4 is 0 Å². The fourth-order valence-corrected chi connectivity index (χ4v) is 2.21. The zero-order chi connectivity index (χ0) is 13.3. The van der Waals surface area contributed by atoms with Crippen molar-refractivity contribution in [2.24, 2.45) is 0 Å². The first-order chi connectivity index (χ1) is 8.47. The molecule has 0 unspecified atom stereocenters. The lowest BCUT2D eigenvalue weighted by molar-refractivity contribution is 0.101. The SMILES string of the molecule is CC(=O)c1ccc(-c2cc(C)cc(C)n2)cc1C. The molecule has 1 heterocycles. The number of pyridine rings is 1. The summed E-state index contributed by atoms with van der Waals surface area (Å²) in [5, 5.41) is 0. The van der Waals surface area contributed by atoms with Crippen LogP contribution in [0, 0.1) is 20.8 Å². The Bertz CT molecular complexity index is 594. The van der Waals surface area contributed by atoms with Crippen molar-refractivity contribution in [1.29, 1.82) is 0 Å². The summed E-state index contributed by atoms with van der Waals surface area (Å²) in [6.45, 7) is 7.61. The zero-order valence-corrected chi connectivity index (χ0v) is 11.2. The number of ketones is 1. The number of carbonyl (C=O) groups is 1. The Morgan fingerprint density at radius 2 is 1.78 bits per heavy atom. The van der Waals surface area contributed by atoms with E-state index in [2.05, 4.69) is 24.0 Å². The average Bonchev–Trinajstić information content (AvgIpc) is 2.26. The van der Waals surface area contributed by atoms with E-state index in [-0.39, 0.29) is 5.78 Å². The second-order valence-electron chi connectivity index (χ2n) is 4.76. The Kier molecular flexibility index (Phi) is 3.28. The molecule has 92 valence electrons. The zero-order valence-electron chi connectivity index (χ0n) is 11.2. The molecule has 0 radical (unpaired) electrons. The normalized spacial score (nSPS) is 10.4. The van der Waals surface area contributed by atoms with Gasteiger partial charge in [-0.05, 0) is 57.0 Å². The molecule has 0 aliphatic heterocycles. The van der Waals surface area contributed by atoms with Crippen LogP contribution in [0.25, 0.3) is 11.3 Å². The van der Waals surface area contributed by atoms with Crippen molar-refractivity contribution < 1.29 is 4.79 Å². The maximum Gasteiger partial charge on any atom is 0.160 e. The molecular formula is C16H17NO. The molecular weight excluding hydrogens is 222 g/mol. The molecule has 2 heteroatoms. The van der Waals surface area contributed by atoms with Gasteiger partial charge in [-0.2, -0.15) is 0 Å². The second-order valence-corrected chi connectivity index (χ2v) is 4.76. The molecule has 18 heavy (non-hydrogen) atoms. The molecule has 0 fully saturated rings. The molecule has 0 atom stereocenters. The Balaban J connectivity index is 2.52. The number of rotatable bonds is 2. The Morgan fingerprint density at radius 1 is 1.06 bits per heavy atom. The van der Waals surface area contributed by atoms with Crippen molar-refractivity contribution >= 4 is 5.78 Å². The van der Waals surface area contributed by atoms with E-state index in [1.165, 1.54) is 5.56 Å². The van der Waals surface area contributed by atoms with Crippen LogP contribution in [-0.4, -0.2) is 10.8 Å². The lowest BCUT2D eigenvalue weighted by Gasteiger charge is -2.07. The standard InChI is InChI=1S/C16H17NO/c1-10-7-12(3)17-16(8-10)14-5-6-15(13(4)18)11(2)9-14/h5-9H,1-4H3. The van der Waals surface area contributed by atoms with Crippen molar-refractivity contribution in [3.05, 3.63) is 52.7 Å². The van der Waals surface area contributed by atoms with Crippen LogP contribution in [0.15, 0.2) is 30.3 Å². The number of Topliss-reactive ketones (excluding diaryl/α,β-unsaturated/α-hetero) is 1. The van der Waals surface area contributed by atoms with Crippen molar-refractivity contribution in [3.8, 4) is 11.3 Å². The largest absolute Gasteiger partial charge is 0.295 e. The minimum atomic E-state index is 0.104. The summed E-state index contributed by atoms with van der Waals surface area (Å²) in [7, 11) is 0. The van der Waals surface area contributed by atoms with E-state index in [4.69, 9.17) is 0 Å². The van der Waals surface area contributed by atoms with E-state index in [1.54, 1.807) is 6.92 Å². The number of aromatic nitrogens is 1. The van der Waals surface area contributed by atoms with Crippen LogP contribution in [0.2, 0.25) is 0 Å². The highest BCUT2D eigenvalue weighted by atomic mass is 16.1. The van der Waals surface area contributed by atoms with Gasteiger partial charge in [0.05, 0.1) is 5.69 Å². The predicted octanol–water partition coefficient (Wildman–Crippen LogP) is 3.88. The molecule has 0 bridgehead atoms. The Labute approximate surface area is 108 Å². The van der Waals surface area contributed by atoms with E-state index >= 15 is 0 Å². The van der Waals surface area contributed by atoms with E-state index < -0.39 is 0 Å². The van der Waals surface area contributed by atoms with Gasteiger partial charge in [0, 0.05) is 16.8 Å². The monoisotopic (exact) mass is 239 g/mol. The van der Waals surface area contributed by atoms with Crippen molar-refractivity contribution in [1.82, 2.24) is 4.98 Å². The van der Waals surface area contributed by atoms with Gasteiger partial charge in [0.15, 0.2) is 5.78 Å². The lowest BCUT2D eigenvalue weighted by Crippen LogP contribution is -1.97. The average molecular weight is 239 g/mol. The van der Waals surface area contributed by atoms with Gasteiger partial charge in [0.1, 0.15) is 0 Å².